The second kappa shape index (κ2) is 5.01. The molecule has 1 saturated heterocycles. The zero-order valence-corrected chi connectivity index (χ0v) is 10.8. The van der Waals surface area contributed by atoms with Gasteiger partial charge in [-0.25, -0.2) is 4.79 Å². The Balaban J connectivity index is 2.39. The average Bonchev–Trinajstić information content (AvgIpc) is 2.61. The van der Waals surface area contributed by atoms with Crippen molar-refractivity contribution in [2.45, 2.75) is 44.1 Å². The van der Waals surface area contributed by atoms with Gasteiger partial charge in [-0.3, -0.25) is 0 Å². The fourth-order valence-electron chi connectivity index (χ4n) is 3.27. The highest BCUT2D eigenvalue weighted by molar-refractivity contribution is 5.93. The van der Waals surface area contributed by atoms with Crippen molar-refractivity contribution in [3.63, 3.8) is 0 Å². The Morgan fingerprint density at radius 3 is 2.89 bits per heavy atom. The van der Waals surface area contributed by atoms with Gasteiger partial charge in [-0.15, -0.1) is 13.2 Å². The number of hydrogen-bond donors (Lipinski definition) is 1. The predicted octanol–water partition coefficient (Wildman–Crippen LogP) is 2.84. The second-order valence-corrected chi connectivity index (χ2v) is 5.18. The number of carbonyl (C=O) groups is 1. The smallest absolute Gasteiger partial charge is 0.336 e. The molecule has 2 rings (SSSR count). The average molecular weight is 247 g/mol. The lowest BCUT2D eigenvalue weighted by atomic mass is 9.71. The Hall–Kier alpha value is -1.51. The molecule has 0 radical (unpaired) electrons. The van der Waals surface area contributed by atoms with Gasteiger partial charge in [0.15, 0.2) is 0 Å². The Morgan fingerprint density at radius 1 is 1.44 bits per heavy atom. The fraction of sp³-hybridized carbons (Fsp3) is 0.533. The van der Waals surface area contributed by atoms with Crippen LogP contribution in [0.2, 0.25) is 0 Å². The van der Waals surface area contributed by atoms with Crippen LogP contribution in [0.25, 0.3) is 0 Å². The van der Waals surface area contributed by atoms with E-state index in [1.54, 1.807) is 6.08 Å². The summed E-state index contributed by atoms with van der Waals surface area (Å²) in [5, 5.41) is 0. The predicted molar refractivity (Wildman–Crippen MR) is 71.6 cm³/mol. The first-order chi connectivity index (χ1) is 8.64. The summed E-state index contributed by atoms with van der Waals surface area (Å²) in [5.41, 5.74) is 6.96. The maximum atomic E-state index is 12.1. The Bertz CT molecular complexity index is 411. The van der Waals surface area contributed by atoms with Gasteiger partial charge in [0.05, 0.1) is 5.57 Å². The summed E-state index contributed by atoms with van der Waals surface area (Å²) in [6.07, 6.45) is 8.97. The standard InChI is InChI=1S/C15H21NO2/c1-3-7-12(16)13-11-8-5-6-10-15(11,9-4-2)18-14(13)17/h3-4,11H,1-2,5-10,16H2/b13-12-/t11-,15-/m0/s1. The minimum Gasteiger partial charge on any atom is -0.455 e. The first kappa shape index (κ1) is 12.9. The van der Waals surface area contributed by atoms with Crippen molar-refractivity contribution < 1.29 is 9.53 Å². The highest BCUT2D eigenvalue weighted by atomic mass is 16.6. The summed E-state index contributed by atoms with van der Waals surface area (Å²) in [4.78, 5) is 12.1. The van der Waals surface area contributed by atoms with Crippen LogP contribution in [0.3, 0.4) is 0 Å². The highest BCUT2D eigenvalue weighted by Crippen LogP contribution is 2.49. The van der Waals surface area contributed by atoms with E-state index in [0.717, 1.165) is 25.7 Å². The zero-order chi connectivity index (χ0) is 13.2. The normalized spacial score (nSPS) is 33.6. The van der Waals surface area contributed by atoms with Gasteiger partial charge in [0.2, 0.25) is 0 Å². The van der Waals surface area contributed by atoms with Crippen molar-refractivity contribution in [2.75, 3.05) is 0 Å². The Morgan fingerprint density at radius 2 is 2.22 bits per heavy atom. The quantitative estimate of drug-likeness (QED) is 0.472. The number of esters is 1. The van der Waals surface area contributed by atoms with Crippen LogP contribution in [0, 0.1) is 5.92 Å². The third-order valence-electron chi connectivity index (χ3n) is 4.04. The van der Waals surface area contributed by atoms with E-state index in [9.17, 15) is 4.79 Å². The molecule has 0 aromatic carbocycles. The lowest BCUT2D eigenvalue weighted by Crippen LogP contribution is -2.38. The van der Waals surface area contributed by atoms with Gasteiger partial charge in [-0.05, 0) is 19.3 Å². The third kappa shape index (κ3) is 1.98. The van der Waals surface area contributed by atoms with Crippen molar-refractivity contribution in [3.8, 4) is 0 Å². The molecule has 0 bridgehead atoms. The van der Waals surface area contributed by atoms with Crippen molar-refractivity contribution in [1.82, 2.24) is 0 Å². The zero-order valence-electron chi connectivity index (χ0n) is 10.8. The molecule has 3 heteroatoms. The molecule has 0 spiro atoms. The number of allylic oxidation sites excluding steroid dienone is 1. The number of rotatable bonds is 4. The lowest BCUT2D eigenvalue weighted by molar-refractivity contribution is -0.149. The molecule has 0 aromatic rings. The maximum absolute atomic E-state index is 12.1. The van der Waals surface area contributed by atoms with Crippen molar-refractivity contribution in [1.29, 1.82) is 0 Å². The minimum absolute atomic E-state index is 0.136. The molecule has 1 aliphatic carbocycles. The van der Waals surface area contributed by atoms with Gasteiger partial charge in [0.1, 0.15) is 5.60 Å². The van der Waals surface area contributed by atoms with Crippen LogP contribution in [0.1, 0.15) is 38.5 Å². The van der Waals surface area contributed by atoms with Crippen molar-refractivity contribution >= 4 is 5.97 Å². The molecule has 2 N–H and O–H groups in total. The molecule has 2 aliphatic rings. The van der Waals surface area contributed by atoms with Crippen LogP contribution in [-0.2, 0) is 9.53 Å². The molecule has 1 aliphatic heterocycles. The molecule has 0 amide bonds. The van der Waals surface area contributed by atoms with Crippen LogP contribution in [-0.4, -0.2) is 11.6 Å². The van der Waals surface area contributed by atoms with Crippen LogP contribution >= 0.6 is 0 Å². The molecular weight excluding hydrogens is 226 g/mol. The van der Waals surface area contributed by atoms with Gasteiger partial charge in [-0.2, -0.15) is 0 Å². The molecule has 0 unspecified atom stereocenters. The van der Waals surface area contributed by atoms with Gasteiger partial charge in [-0.1, -0.05) is 18.6 Å². The molecule has 18 heavy (non-hydrogen) atoms. The van der Waals surface area contributed by atoms with Gasteiger partial charge in [0.25, 0.3) is 0 Å². The summed E-state index contributed by atoms with van der Waals surface area (Å²) in [5.74, 6) is -0.0974. The van der Waals surface area contributed by atoms with Crippen LogP contribution in [0.4, 0.5) is 0 Å². The molecule has 2 atom stereocenters. The van der Waals surface area contributed by atoms with E-state index in [2.05, 4.69) is 13.2 Å². The Kier molecular flexibility index (Phi) is 3.60. The van der Waals surface area contributed by atoms with E-state index in [0.29, 0.717) is 24.1 Å². The highest BCUT2D eigenvalue weighted by Gasteiger charge is 2.53. The summed E-state index contributed by atoms with van der Waals surface area (Å²) in [6.45, 7) is 7.46. The number of nitrogens with two attached hydrogens (primary N) is 1. The molecule has 1 saturated carbocycles. The maximum Gasteiger partial charge on any atom is 0.336 e. The number of fused-ring (bicyclic) bond motifs is 1. The van der Waals surface area contributed by atoms with E-state index >= 15 is 0 Å². The SMILES string of the molecule is C=CC/C(N)=C1/C(=O)O[C@@]2(CC=C)CCCC[C@@H]12. The number of carbonyl (C=O) groups excluding carboxylic acids is 1. The number of hydrogen-bond acceptors (Lipinski definition) is 3. The van der Waals surface area contributed by atoms with E-state index in [1.807, 2.05) is 6.08 Å². The minimum atomic E-state index is -0.377. The van der Waals surface area contributed by atoms with Crippen molar-refractivity contribution in [3.05, 3.63) is 36.6 Å². The number of ether oxygens (including phenoxy) is 1. The van der Waals surface area contributed by atoms with Crippen LogP contribution in [0.5, 0.6) is 0 Å². The summed E-state index contributed by atoms with van der Waals surface area (Å²) < 4.78 is 5.69. The first-order valence-corrected chi connectivity index (χ1v) is 6.58. The molecule has 1 heterocycles. The molecule has 98 valence electrons. The van der Waals surface area contributed by atoms with Crippen molar-refractivity contribution in [2.24, 2.45) is 11.7 Å². The summed E-state index contributed by atoms with van der Waals surface area (Å²) in [7, 11) is 0. The summed E-state index contributed by atoms with van der Waals surface area (Å²) in [6, 6.07) is 0. The van der Waals surface area contributed by atoms with Crippen LogP contribution < -0.4 is 5.73 Å². The van der Waals surface area contributed by atoms with Gasteiger partial charge < -0.3 is 10.5 Å². The Labute approximate surface area is 108 Å². The fourth-order valence-corrected chi connectivity index (χ4v) is 3.27. The van der Waals surface area contributed by atoms with E-state index in [1.165, 1.54) is 0 Å². The topological polar surface area (TPSA) is 52.3 Å². The largest absolute Gasteiger partial charge is 0.455 e. The molecular formula is C15H21NO2. The summed E-state index contributed by atoms with van der Waals surface area (Å²) >= 11 is 0. The van der Waals surface area contributed by atoms with Gasteiger partial charge in [0, 0.05) is 24.5 Å². The lowest BCUT2D eigenvalue weighted by Gasteiger charge is -2.36. The van der Waals surface area contributed by atoms with E-state index < -0.39 is 0 Å². The molecule has 3 nitrogen and oxygen atoms in total. The van der Waals surface area contributed by atoms with Gasteiger partial charge >= 0.3 is 5.97 Å². The van der Waals surface area contributed by atoms with E-state index in [-0.39, 0.29) is 17.5 Å². The first-order valence-electron chi connectivity index (χ1n) is 6.58. The van der Waals surface area contributed by atoms with E-state index in [4.69, 9.17) is 10.5 Å². The molecule has 2 fully saturated rings. The second-order valence-electron chi connectivity index (χ2n) is 5.18. The third-order valence-corrected chi connectivity index (χ3v) is 4.04. The monoisotopic (exact) mass is 247 g/mol. The molecule has 0 aromatic heterocycles. The van der Waals surface area contributed by atoms with Crippen LogP contribution in [0.15, 0.2) is 36.6 Å².